The average molecular weight is 277 g/mol. The summed E-state index contributed by atoms with van der Waals surface area (Å²) >= 11 is 5.79. The van der Waals surface area contributed by atoms with E-state index in [1.165, 1.54) is 10.6 Å². The fraction of sp³-hybridized carbons (Fsp3) is 0.0769. The van der Waals surface area contributed by atoms with E-state index in [0.717, 1.165) is 5.56 Å². The highest BCUT2D eigenvalue weighted by molar-refractivity contribution is 6.30. The van der Waals surface area contributed by atoms with Crippen LogP contribution in [0.5, 0.6) is 0 Å². The van der Waals surface area contributed by atoms with E-state index in [1.807, 2.05) is 13.0 Å². The van der Waals surface area contributed by atoms with Gasteiger partial charge < -0.3 is 5.73 Å². The van der Waals surface area contributed by atoms with Crippen molar-refractivity contribution >= 4 is 28.7 Å². The van der Waals surface area contributed by atoms with Crippen LogP contribution in [0.2, 0.25) is 5.02 Å². The number of halogens is 2. The number of nitrogens with two attached hydrogens (primary N) is 1. The molecule has 0 saturated carbocycles. The standard InChI is InChI=1S/C13H10ClFN4/c1-7-5-9-12(17-6-7)19(13(16)18-9)10-4-2-3-8(14)11(10)15/h2-6H,1H3,(H2,16,18). The molecule has 0 fully saturated rings. The van der Waals surface area contributed by atoms with Gasteiger partial charge in [0.15, 0.2) is 11.5 Å². The van der Waals surface area contributed by atoms with Crippen molar-refractivity contribution in [2.45, 2.75) is 6.92 Å². The summed E-state index contributed by atoms with van der Waals surface area (Å²) in [5.41, 5.74) is 8.18. The van der Waals surface area contributed by atoms with Gasteiger partial charge in [0.05, 0.1) is 10.7 Å². The molecule has 6 heteroatoms. The van der Waals surface area contributed by atoms with Crippen LogP contribution in [0.15, 0.2) is 30.5 Å². The summed E-state index contributed by atoms with van der Waals surface area (Å²) < 4.78 is 15.5. The zero-order valence-corrected chi connectivity index (χ0v) is 10.8. The minimum Gasteiger partial charge on any atom is -0.369 e. The van der Waals surface area contributed by atoms with E-state index in [2.05, 4.69) is 9.97 Å². The Bertz CT molecular complexity index is 782. The molecule has 1 aromatic carbocycles. The molecule has 96 valence electrons. The van der Waals surface area contributed by atoms with Crippen LogP contribution < -0.4 is 5.73 Å². The Labute approximate surface area is 113 Å². The molecule has 0 saturated heterocycles. The number of nitrogens with zero attached hydrogens (tertiary/aromatic N) is 3. The quantitative estimate of drug-likeness (QED) is 0.743. The number of rotatable bonds is 1. The van der Waals surface area contributed by atoms with Crippen LogP contribution in [0.25, 0.3) is 16.9 Å². The summed E-state index contributed by atoms with van der Waals surface area (Å²) in [6.45, 7) is 1.90. The molecule has 0 bridgehead atoms. The second kappa shape index (κ2) is 4.20. The minimum absolute atomic E-state index is 0.0332. The monoisotopic (exact) mass is 276 g/mol. The maximum absolute atomic E-state index is 14.1. The summed E-state index contributed by atoms with van der Waals surface area (Å²) in [6.07, 6.45) is 1.68. The number of fused-ring (bicyclic) bond motifs is 1. The number of aryl methyl sites for hydroxylation is 1. The van der Waals surface area contributed by atoms with Crippen LogP contribution >= 0.6 is 11.6 Å². The van der Waals surface area contributed by atoms with Crippen LogP contribution in [0.4, 0.5) is 10.3 Å². The molecule has 0 aliphatic heterocycles. The van der Waals surface area contributed by atoms with Gasteiger partial charge in [-0.2, -0.15) is 0 Å². The Hall–Kier alpha value is -2.14. The maximum Gasteiger partial charge on any atom is 0.207 e. The van der Waals surface area contributed by atoms with E-state index in [4.69, 9.17) is 17.3 Å². The molecule has 2 heterocycles. The average Bonchev–Trinajstić information content (AvgIpc) is 2.68. The first-order chi connectivity index (χ1) is 9.08. The summed E-state index contributed by atoms with van der Waals surface area (Å²) in [5, 5.41) is 0.0332. The molecule has 0 radical (unpaired) electrons. The molecule has 2 N–H and O–H groups in total. The fourth-order valence-electron chi connectivity index (χ4n) is 1.99. The molecule has 0 spiro atoms. The van der Waals surface area contributed by atoms with Crippen LogP contribution in [0.1, 0.15) is 5.56 Å². The maximum atomic E-state index is 14.1. The van der Waals surface area contributed by atoms with Gasteiger partial charge in [0.25, 0.3) is 0 Å². The summed E-state index contributed by atoms with van der Waals surface area (Å²) in [5.74, 6) is -0.369. The van der Waals surface area contributed by atoms with Gasteiger partial charge in [-0.1, -0.05) is 17.7 Å². The molecule has 3 aromatic rings. The molecule has 3 rings (SSSR count). The third kappa shape index (κ3) is 1.82. The molecule has 0 aliphatic rings. The van der Waals surface area contributed by atoms with Gasteiger partial charge in [0.1, 0.15) is 5.52 Å². The molecule has 0 unspecified atom stereocenters. The van der Waals surface area contributed by atoms with Crippen molar-refractivity contribution in [3.8, 4) is 5.69 Å². The van der Waals surface area contributed by atoms with E-state index in [-0.39, 0.29) is 16.7 Å². The Balaban J connectivity index is 2.36. The molecular formula is C13H10ClFN4. The number of benzene rings is 1. The number of anilines is 1. The van der Waals surface area contributed by atoms with Crippen molar-refractivity contribution in [1.82, 2.24) is 14.5 Å². The zero-order chi connectivity index (χ0) is 13.6. The molecule has 0 amide bonds. The van der Waals surface area contributed by atoms with E-state index >= 15 is 0 Å². The lowest BCUT2D eigenvalue weighted by molar-refractivity contribution is 0.620. The van der Waals surface area contributed by atoms with Crippen LogP contribution in [-0.4, -0.2) is 14.5 Å². The van der Waals surface area contributed by atoms with E-state index < -0.39 is 5.82 Å². The van der Waals surface area contributed by atoms with Crippen molar-refractivity contribution in [1.29, 1.82) is 0 Å². The number of imidazole rings is 1. The summed E-state index contributed by atoms with van der Waals surface area (Å²) in [6, 6.07) is 6.56. The summed E-state index contributed by atoms with van der Waals surface area (Å²) in [7, 11) is 0. The number of aromatic nitrogens is 3. The number of hydrogen-bond acceptors (Lipinski definition) is 3. The Morgan fingerprint density at radius 1 is 1.37 bits per heavy atom. The molecular weight excluding hydrogens is 267 g/mol. The van der Waals surface area contributed by atoms with Crippen molar-refractivity contribution in [3.05, 3.63) is 46.9 Å². The predicted molar refractivity (Wildman–Crippen MR) is 73.0 cm³/mol. The van der Waals surface area contributed by atoms with Gasteiger partial charge in [-0.15, -0.1) is 0 Å². The normalized spacial score (nSPS) is 11.1. The zero-order valence-electron chi connectivity index (χ0n) is 10.1. The van der Waals surface area contributed by atoms with E-state index in [9.17, 15) is 4.39 Å². The van der Waals surface area contributed by atoms with Gasteiger partial charge >= 0.3 is 0 Å². The van der Waals surface area contributed by atoms with Crippen LogP contribution in [0.3, 0.4) is 0 Å². The van der Waals surface area contributed by atoms with Crippen LogP contribution in [-0.2, 0) is 0 Å². The SMILES string of the molecule is Cc1cnc2c(c1)nc(N)n2-c1cccc(Cl)c1F. The largest absolute Gasteiger partial charge is 0.369 e. The molecule has 2 aromatic heterocycles. The Morgan fingerprint density at radius 3 is 2.95 bits per heavy atom. The topological polar surface area (TPSA) is 56.7 Å². The lowest BCUT2D eigenvalue weighted by Crippen LogP contribution is -2.04. The molecule has 0 atom stereocenters. The highest BCUT2D eigenvalue weighted by Crippen LogP contribution is 2.27. The van der Waals surface area contributed by atoms with Crippen molar-refractivity contribution in [2.75, 3.05) is 5.73 Å². The number of hydrogen-bond donors (Lipinski definition) is 1. The highest BCUT2D eigenvalue weighted by Gasteiger charge is 2.16. The lowest BCUT2D eigenvalue weighted by atomic mass is 10.3. The van der Waals surface area contributed by atoms with Gasteiger partial charge in [0.2, 0.25) is 5.95 Å². The van der Waals surface area contributed by atoms with Crippen molar-refractivity contribution < 1.29 is 4.39 Å². The first-order valence-electron chi connectivity index (χ1n) is 5.63. The summed E-state index contributed by atoms with van der Waals surface area (Å²) in [4.78, 5) is 8.45. The second-order valence-electron chi connectivity index (χ2n) is 4.23. The first-order valence-corrected chi connectivity index (χ1v) is 6.00. The van der Waals surface area contributed by atoms with Gasteiger partial charge in [-0.3, -0.25) is 4.57 Å². The molecule has 4 nitrogen and oxygen atoms in total. The lowest BCUT2D eigenvalue weighted by Gasteiger charge is -2.07. The van der Waals surface area contributed by atoms with Gasteiger partial charge in [-0.25, -0.2) is 14.4 Å². The first kappa shape index (κ1) is 11.9. The number of nitrogen functional groups attached to an aromatic ring is 1. The third-order valence-electron chi connectivity index (χ3n) is 2.83. The van der Waals surface area contributed by atoms with E-state index in [0.29, 0.717) is 11.2 Å². The second-order valence-corrected chi connectivity index (χ2v) is 4.64. The third-order valence-corrected chi connectivity index (χ3v) is 3.12. The van der Waals surface area contributed by atoms with Gasteiger partial charge in [0, 0.05) is 6.20 Å². The highest BCUT2D eigenvalue weighted by atomic mass is 35.5. The van der Waals surface area contributed by atoms with Gasteiger partial charge in [-0.05, 0) is 30.7 Å². The van der Waals surface area contributed by atoms with E-state index in [1.54, 1.807) is 18.3 Å². The molecule has 0 aliphatic carbocycles. The van der Waals surface area contributed by atoms with Crippen molar-refractivity contribution in [2.24, 2.45) is 0 Å². The number of pyridine rings is 1. The van der Waals surface area contributed by atoms with Crippen LogP contribution in [0, 0.1) is 12.7 Å². The fourth-order valence-corrected chi connectivity index (χ4v) is 2.16. The minimum atomic E-state index is -0.544. The Morgan fingerprint density at radius 2 is 2.16 bits per heavy atom. The Kier molecular flexibility index (Phi) is 2.64. The molecule has 19 heavy (non-hydrogen) atoms. The van der Waals surface area contributed by atoms with Crippen molar-refractivity contribution in [3.63, 3.8) is 0 Å². The smallest absolute Gasteiger partial charge is 0.207 e. The predicted octanol–water partition coefficient (Wildman–Crippen LogP) is 3.10.